The summed E-state index contributed by atoms with van der Waals surface area (Å²) in [6.07, 6.45) is 2.99. The summed E-state index contributed by atoms with van der Waals surface area (Å²) in [6.45, 7) is 7.16. The molecule has 158 valence electrons. The summed E-state index contributed by atoms with van der Waals surface area (Å²) in [5, 5.41) is 9.17. The van der Waals surface area contributed by atoms with E-state index in [0.29, 0.717) is 38.8 Å². The summed E-state index contributed by atoms with van der Waals surface area (Å²) in [6, 6.07) is -0.513. The molecule has 2 fully saturated rings. The second-order valence-corrected chi connectivity index (χ2v) is 9.19. The van der Waals surface area contributed by atoms with Crippen LogP contribution in [0.3, 0.4) is 0 Å². The molecule has 3 amide bonds. The van der Waals surface area contributed by atoms with Gasteiger partial charge in [0.25, 0.3) is 0 Å². The summed E-state index contributed by atoms with van der Waals surface area (Å²) in [5.41, 5.74) is -0.149. The molecule has 2 aliphatic rings. The summed E-state index contributed by atoms with van der Waals surface area (Å²) in [5.74, 6) is -1.92. The normalized spacial score (nSPS) is 22.9. The van der Waals surface area contributed by atoms with Gasteiger partial charge < -0.3 is 19.8 Å². The van der Waals surface area contributed by atoms with Crippen LogP contribution in [-0.2, 0) is 19.2 Å². The van der Waals surface area contributed by atoms with Crippen molar-refractivity contribution in [1.82, 2.24) is 14.7 Å². The van der Waals surface area contributed by atoms with Crippen molar-refractivity contribution in [2.45, 2.75) is 58.9 Å². The van der Waals surface area contributed by atoms with E-state index in [1.165, 1.54) is 9.80 Å². The molecule has 0 saturated carbocycles. The Morgan fingerprint density at radius 2 is 1.68 bits per heavy atom. The highest BCUT2D eigenvalue weighted by molar-refractivity contribution is 5.91. The number of carbonyl (C=O) groups is 4. The van der Waals surface area contributed by atoms with E-state index in [0.717, 1.165) is 6.42 Å². The van der Waals surface area contributed by atoms with Gasteiger partial charge in [0.1, 0.15) is 6.04 Å². The van der Waals surface area contributed by atoms with Gasteiger partial charge >= 0.3 is 5.97 Å². The van der Waals surface area contributed by atoms with Gasteiger partial charge in [-0.05, 0) is 31.1 Å². The molecule has 0 radical (unpaired) electrons. The van der Waals surface area contributed by atoms with E-state index in [-0.39, 0.29) is 36.2 Å². The average Bonchev–Trinajstić information content (AvgIpc) is 3.09. The molecule has 8 nitrogen and oxygen atoms in total. The summed E-state index contributed by atoms with van der Waals surface area (Å²) < 4.78 is 0. The Balaban J connectivity index is 1.94. The highest BCUT2D eigenvalue weighted by atomic mass is 16.4. The Kier molecular flexibility index (Phi) is 7.06. The van der Waals surface area contributed by atoms with Gasteiger partial charge in [0.2, 0.25) is 17.7 Å². The maximum absolute atomic E-state index is 12.9. The van der Waals surface area contributed by atoms with Gasteiger partial charge in [0, 0.05) is 33.1 Å². The summed E-state index contributed by atoms with van der Waals surface area (Å²) in [7, 11) is 1.57. The Hall–Kier alpha value is -2.12. The Morgan fingerprint density at radius 3 is 2.29 bits per heavy atom. The lowest BCUT2D eigenvalue weighted by Crippen LogP contribution is -2.51. The number of likely N-dealkylation sites (N-methyl/N-ethyl adjacent to an activating group) is 1. The monoisotopic (exact) mass is 395 g/mol. The Bertz CT molecular complexity index is 628. The average molecular weight is 396 g/mol. The van der Waals surface area contributed by atoms with Gasteiger partial charge in [0.05, 0.1) is 12.5 Å². The van der Waals surface area contributed by atoms with E-state index >= 15 is 0 Å². The molecule has 2 saturated heterocycles. The summed E-state index contributed by atoms with van der Waals surface area (Å²) in [4.78, 5) is 53.8. The third-order valence-corrected chi connectivity index (χ3v) is 5.41. The first-order valence-corrected chi connectivity index (χ1v) is 10.0. The molecule has 0 bridgehead atoms. The van der Waals surface area contributed by atoms with E-state index in [1.807, 2.05) is 20.8 Å². The lowest BCUT2D eigenvalue weighted by molar-refractivity contribution is -0.149. The van der Waals surface area contributed by atoms with E-state index in [4.69, 9.17) is 0 Å². The van der Waals surface area contributed by atoms with Crippen molar-refractivity contribution in [3.05, 3.63) is 0 Å². The number of likely N-dealkylation sites (tertiary alicyclic amines) is 2. The van der Waals surface area contributed by atoms with Gasteiger partial charge in [0.15, 0.2) is 0 Å². The number of carboxylic acids is 1. The number of hydrogen-bond donors (Lipinski definition) is 1. The molecule has 2 atom stereocenters. The predicted molar refractivity (Wildman–Crippen MR) is 103 cm³/mol. The largest absolute Gasteiger partial charge is 0.481 e. The minimum absolute atomic E-state index is 0.0246. The molecule has 2 unspecified atom stereocenters. The van der Waals surface area contributed by atoms with E-state index in [9.17, 15) is 24.3 Å². The SMILES string of the molecule is CN(CC(=O)N1CCCC(C(=O)O)C1)C(=O)C1CCCN1C(=O)CC(C)(C)C. The van der Waals surface area contributed by atoms with Crippen LogP contribution in [-0.4, -0.2) is 82.8 Å². The number of aliphatic carboxylic acids is 1. The molecule has 28 heavy (non-hydrogen) atoms. The van der Waals surface area contributed by atoms with Crippen LogP contribution in [0.15, 0.2) is 0 Å². The fraction of sp³-hybridized carbons (Fsp3) is 0.800. The van der Waals surface area contributed by atoms with Gasteiger partial charge in [-0.2, -0.15) is 0 Å². The molecule has 0 aliphatic carbocycles. The highest BCUT2D eigenvalue weighted by Gasteiger charge is 2.37. The van der Waals surface area contributed by atoms with E-state index in [2.05, 4.69) is 0 Å². The number of hydrogen-bond acceptors (Lipinski definition) is 4. The highest BCUT2D eigenvalue weighted by Crippen LogP contribution is 2.25. The molecule has 2 rings (SSSR count). The quantitative estimate of drug-likeness (QED) is 0.754. The molecule has 0 aromatic rings. The predicted octanol–water partition coefficient (Wildman–Crippen LogP) is 1.20. The fourth-order valence-corrected chi connectivity index (χ4v) is 3.92. The number of carboxylic acid groups (broad SMARTS) is 1. The van der Waals surface area contributed by atoms with Crippen molar-refractivity contribution in [3.63, 3.8) is 0 Å². The maximum atomic E-state index is 12.9. The number of amides is 3. The zero-order chi connectivity index (χ0) is 21.1. The maximum Gasteiger partial charge on any atom is 0.308 e. The molecule has 0 spiro atoms. The van der Waals surface area contributed by atoms with Gasteiger partial charge in [-0.15, -0.1) is 0 Å². The van der Waals surface area contributed by atoms with Crippen molar-refractivity contribution in [2.75, 3.05) is 33.2 Å². The third kappa shape index (κ3) is 5.69. The minimum Gasteiger partial charge on any atom is -0.481 e. The molecule has 2 aliphatic heterocycles. The summed E-state index contributed by atoms with van der Waals surface area (Å²) >= 11 is 0. The lowest BCUT2D eigenvalue weighted by Gasteiger charge is -2.33. The molecular formula is C20H33N3O5. The molecule has 2 heterocycles. The van der Waals surface area contributed by atoms with Crippen molar-refractivity contribution in [3.8, 4) is 0 Å². The topological polar surface area (TPSA) is 98.2 Å². The molecule has 8 heteroatoms. The van der Waals surface area contributed by atoms with Crippen molar-refractivity contribution in [1.29, 1.82) is 0 Å². The number of piperidine rings is 1. The van der Waals surface area contributed by atoms with Gasteiger partial charge in [-0.25, -0.2) is 0 Å². The molecular weight excluding hydrogens is 362 g/mol. The smallest absolute Gasteiger partial charge is 0.308 e. The first-order valence-electron chi connectivity index (χ1n) is 10.0. The van der Waals surface area contributed by atoms with Crippen molar-refractivity contribution in [2.24, 2.45) is 11.3 Å². The van der Waals surface area contributed by atoms with Crippen LogP contribution < -0.4 is 0 Å². The fourth-order valence-electron chi connectivity index (χ4n) is 3.92. The van der Waals surface area contributed by atoms with Crippen LogP contribution in [0.5, 0.6) is 0 Å². The third-order valence-electron chi connectivity index (χ3n) is 5.41. The van der Waals surface area contributed by atoms with Crippen LogP contribution in [0.25, 0.3) is 0 Å². The van der Waals surface area contributed by atoms with Gasteiger partial charge in [-0.3, -0.25) is 19.2 Å². The minimum atomic E-state index is -0.888. The van der Waals surface area contributed by atoms with Crippen LogP contribution >= 0.6 is 0 Å². The standard InChI is InChI=1S/C20H33N3O5/c1-20(2,3)11-16(24)23-10-6-8-15(23)18(26)21(4)13-17(25)22-9-5-7-14(12-22)19(27)28/h14-15H,5-13H2,1-4H3,(H,27,28). The second kappa shape index (κ2) is 8.92. The zero-order valence-corrected chi connectivity index (χ0v) is 17.4. The Morgan fingerprint density at radius 1 is 1.04 bits per heavy atom. The number of nitrogens with zero attached hydrogens (tertiary/aromatic N) is 3. The number of carbonyl (C=O) groups excluding carboxylic acids is 3. The molecule has 0 aromatic heterocycles. The van der Waals surface area contributed by atoms with Crippen LogP contribution in [0.4, 0.5) is 0 Å². The molecule has 1 N–H and O–H groups in total. The first kappa shape index (κ1) is 22.2. The van der Waals surface area contributed by atoms with Crippen molar-refractivity contribution < 1.29 is 24.3 Å². The zero-order valence-electron chi connectivity index (χ0n) is 17.4. The van der Waals surface area contributed by atoms with Crippen LogP contribution in [0.1, 0.15) is 52.9 Å². The number of rotatable bonds is 5. The van der Waals surface area contributed by atoms with Crippen molar-refractivity contribution >= 4 is 23.7 Å². The van der Waals surface area contributed by atoms with Crippen LogP contribution in [0.2, 0.25) is 0 Å². The lowest BCUT2D eigenvalue weighted by atomic mass is 9.91. The van der Waals surface area contributed by atoms with Gasteiger partial charge in [-0.1, -0.05) is 20.8 Å². The van der Waals surface area contributed by atoms with Crippen LogP contribution in [0, 0.1) is 11.3 Å². The van der Waals surface area contributed by atoms with E-state index in [1.54, 1.807) is 11.9 Å². The second-order valence-electron chi connectivity index (χ2n) is 9.19. The molecule has 0 aromatic carbocycles. The first-order chi connectivity index (χ1) is 13.0. The Labute approximate surface area is 166 Å². The van der Waals surface area contributed by atoms with E-state index < -0.39 is 17.9 Å².